The summed E-state index contributed by atoms with van der Waals surface area (Å²) in [4.78, 5) is 10.8. The minimum Gasteiger partial charge on any atom is -0.453 e. The Morgan fingerprint density at radius 3 is 2.44 bits per heavy atom. The summed E-state index contributed by atoms with van der Waals surface area (Å²) in [5.41, 5.74) is 0.512. The standard InChI is InChI=1S/C10H10F2N2O3S/c1-16-10(15)14-9(18)13-6-2-4-7(5-3-6)17-8(11)12/h2-5,8H,1H3,(H2,13,14,15,18). The van der Waals surface area contributed by atoms with Gasteiger partial charge < -0.3 is 14.8 Å². The fourth-order valence-corrected chi connectivity index (χ4v) is 1.23. The van der Waals surface area contributed by atoms with Gasteiger partial charge in [-0.15, -0.1) is 0 Å². The van der Waals surface area contributed by atoms with E-state index < -0.39 is 12.7 Å². The van der Waals surface area contributed by atoms with Crippen LogP contribution in [0.3, 0.4) is 0 Å². The van der Waals surface area contributed by atoms with Crippen molar-refractivity contribution >= 4 is 29.1 Å². The average Bonchev–Trinajstić information content (AvgIpc) is 2.30. The van der Waals surface area contributed by atoms with Gasteiger partial charge in [-0.25, -0.2) is 4.79 Å². The molecule has 5 nitrogen and oxygen atoms in total. The molecule has 0 aliphatic heterocycles. The van der Waals surface area contributed by atoms with Crippen LogP contribution in [0.5, 0.6) is 5.75 Å². The van der Waals surface area contributed by atoms with Crippen LogP contribution >= 0.6 is 12.2 Å². The van der Waals surface area contributed by atoms with E-state index in [1.807, 2.05) is 0 Å². The third-order valence-corrected chi connectivity index (χ3v) is 1.94. The van der Waals surface area contributed by atoms with Gasteiger partial charge in [0.15, 0.2) is 5.11 Å². The lowest BCUT2D eigenvalue weighted by Crippen LogP contribution is -2.33. The molecule has 0 atom stereocenters. The Labute approximate surface area is 107 Å². The maximum atomic E-state index is 11.9. The molecule has 1 amide bonds. The minimum atomic E-state index is -2.87. The fraction of sp³-hybridized carbons (Fsp3) is 0.200. The zero-order valence-corrected chi connectivity index (χ0v) is 10.1. The van der Waals surface area contributed by atoms with Crippen molar-refractivity contribution in [1.82, 2.24) is 5.32 Å². The molecule has 0 aliphatic carbocycles. The molecule has 0 saturated heterocycles. The molecular formula is C10H10F2N2O3S. The predicted molar refractivity (Wildman–Crippen MR) is 64.8 cm³/mol. The Balaban J connectivity index is 2.53. The molecule has 0 spiro atoms. The van der Waals surface area contributed by atoms with Gasteiger partial charge in [0.1, 0.15) is 5.75 Å². The molecule has 2 N–H and O–H groups in total. The molecule has 0 aromatic heterocycles. The van der Waals surface area contributed by atoms with Gasteiger partial charge in [-0.1, -0.05) is 0 Å². The molecule has 0 heterocycles. The topological polar surface area (TPSA) is 59.6 Å². The Morgan fingerprint density at radius 1 is 1.33 bits per heavy atom. The number of halogens is 2. The van der Waals surface area contributed by atoms with Crippen molar-refractivity contribution in [3.8, 4) is 5.75 Å². The number of ether oxygens (including phenoxy) is 2. The first-order valence-corrected chi connectivity index (χ1v) is 5.13. The maximum absolute atomic E-state index is 11.9. The summed E-state index contributed by atoms with van der Waals surface area (Å²) in [7, 11) is 1.20. The number of methoxy groups -OCH3 is 1. The highest BCUT2D eigenvalue weighted by Gasteiger charge is 2.05. The van der Waals surface area contributed by atoms with Crippen molar-refractivity contribution in [3.05, 3.63) is 24.3 Å². The molecule has 1 rings (SSSR count). The summed E-state index contributed by atoms with van der Waals surface area (Å²) in [6, 6.07) is 5.64. The lowest BCUT2D eigenvalue weighted by Gasteiger charge is -2.09. The van der Waals surface area contributed by atoms with E-state index in [9.17, 15) is 13.6 Å². The second kappa shape index (κ2) is 6.70. The molecule has 0 unspecified atom stereocenters. The molecule has 0 aliphatic rings. The number of hydrogen-bond donors (Lipinski definition) is 2. The van der Waals surface area contributed by atoms with E-state index in [0.29, 0.717) is 5.69 Å². The van der Waals surface area contributed by atoms with Gasteiger partial charge in [-0.05, 0) is 36.5 Å². The number of amides is 1. The summed E-state index contributed by atoms with van der Waals surface area (Å²) in [6.07, 6.45) is -0.704. The molecule has 8 heteroatoms. The Kier molecular flexibility index (Phi) is 5.25. The molecule has 0 bridgehead atoms. The van der Waals surface area contributed by atoms with Crippen molar-refractivity contribution in [2.24, 2.45) is 0 Å². The Morgan fingerprint density at radius 2 is 1.94 bits per heavy atom. The van der Waals surface area contributed by atoms with Crippen LogP contribution in [-0.4, -0.2) is 24.9 Å². The van der Waals surface area contributed by atoms with Gasteiger partial charge in [-0.3, -0.25) is 5.32 Å². The van der Waals surface area contributed by atoms with E-state index >= 15 is 0 Å². The van der Waals surface area contributed by atoms with Gasteiger partial charge in [0.05, 0.1) is 7.11 Å². The number of carbonyl (C=O) groups excluding carboxylic acids is 1. The molecule has 1 aromatic carbocycles. The van der Waals surface area contributed by atoms with Crippen LogP contribution in [0.4, 0.5) is 19.3 Å². The quantitative estimate of drug-likeness (QED) is 0.830. The number of carbonyl (C=O) groups is 1. The first-order chi connectivity index (χ1) is 8.51. The molecule has 0 fully saturated rings. The van der Waals surface area contributed by atoms with Crippen LogP contribution in [0.1, 0.15) is 0 Å². The third kappa shape index (κ3) is 4.91. The first-order valence-electron chi connectivity index (χ1n) is 4.72. The summed E-state index contributed by atoms with van der Waals surface area (Å²) < 4.78 is 32.3. The number of rotatable bonds is 3. The monoisotopic (exact) mass is 276 g/mol. The van der Waals surface area contributed by atoms with Crippen LogP contribution in [-0.2, 0) is 4.74 Å². The number of thiocarbonyl (C=S) groups is 1. The van der Waals surface area contributed by atoms with Crippen LogP contribution in [0.2, 0.25) is 0 Å². The normalized spacial score (nSPS) is 9.78. The highest BCUT2D eigenvalue weighted by Crippen LogP contribution is 2.17. The summed E-state index contributed by atoms with van der Waals surface area (Å²) in [5.74, 6) is 0.0300. The van der Waals surface area contributed by atoms with Crippen LogP contribution in [0.25, 0.3) is 0 Å². The number of alkyl carbamates (subject to hydrolysis) is 1. The molecule has 1 aromatic rings. The number of hydrogen-bond acceptors (Lipinski definition) is 4. The van der Waals surface area contributed by atoms with E-state index in [2.05, 4.69) is 20.1 Å². The van der Waals surface area contributed by atoms with E-state index in [1.165, 1.54) is 31.4 Å². The molecular weight excluding hydrogens is 266 g/mol. The third-order valence-electron chi connectivity index (χ3n) is 1.74. The van der Waals surface area contributed by atoms with E-state index in [0.717, 1.165) is 0 Å². The van der Waals surface area contributed by atoms with Gasteiger partial charge >= 0.3 is 12.7 Å². The molecule has 18 heavy (non-hydrogen) atoms. The van der Waals surface area contributed by atoms with Crippen LogP contribution in [0.15, 0.2) is 24.3 Å². The highest BCUT2D eigenvalue weighted by atomic mass is 32.1. The van der Waals surface area contributed by atoms with Crippen molar-refractivity contribution in [2.45, 2.75) is 6.61 Å². The first kappa shape index (κ1) is 14.1. The molecule has 0 radical (unpaired) electrons. The SMILES string of the molecule is COC(=O)NC(=S)Nc1ccc(OC(F)F)cc1. The van der Waals surface area contributed by atoms with Gasteiger partial charge in [0.25, 0.3) is 0 Å². The second-order valence-corrected chi connectivity index (χ2v) is 3.38. The predicted octanol–water partition coefficient (Wildman–Crippen LogP) is 2.34. The number of nitrogens with one attached hydrogen (secondary N) is 2. The lowest BCUT2D eigenvalue weighted by molar-refractivity contribution is -0.0498. The van der Waals surface area contributed by atoms with Gasteiger partial charge in [0, 0.05) is 5.69 Å². The largest absolute Gasteiger partial charge is 0.453 e. The number of anilines is 1. The van der Waals surface area contributed by atoms with Gasteiger partial charge in [-0.2, -0.15) is 8.78 Å². The van der Waals surface area contributed by atoms with E-state index in [1.54, 1.807) is 0 Å². The summed E-state index contributed by atoms with van der Waals surface area (Å²) in [6.45, 7) is -2.87. The average molecular weight is 276 g/mol. The summed E-state index contributed by atoms with van der Waals surface area (Å²) in [5, 5.41) is 4.93. The minimum absolute atomic E-state index is 0.0300. The van der Waals surface area contributed by atoms with E-state index in [4.69, 9.17) is 12.2 Å². The van der Waals surface area contributed by atoms with Crippen molar-refractivity contribution in [1.29, 1.82) is 0 Å². The van der Waals surface area contributed by atoms with Crippen molar-refractivity contribution in [2.75, 3.05) is 12.4 Å². The lowest BCUT2D eigenvalue weighted by atomic mass is 10.3. The zero-order valence-electron chi connectivity index (χ0n) is 9.28. The molecule has 0 saturated carbocycles. The Bertz CT molecular complexity index is 426. The Hall–Kier alpha value is -1.96. The summed E-state index contributed by atoms with van der Waals surface area (Å²) >= 11 is 4.81. The second-order valence-electron chi connectivity index (χ2n) is 2.97. The smallest absolute Gasteiger partial charge is 0.413 e. The van der Waals surface area contributed by atoms with Gasteiger partial charge in [0.2, 0.25) is 0 Å². The van der Waals surface area contributed by atoms with Crippen LogP contribution < -0.4 is 15.4 Å². The number of benzene rings is 1. The molecule has 98 valence electrons. The van der Waals surface area contributed by atoms with Crippen molar-refractivity contribution in [3.63, 3.8) is 0 Å². The zero-order chi connectivity index (χ0) is 13.5. The maximum Gasteiger partial charge on any atom is 0.413 e. The fourth-order valence-electron chi connectivity index (χ4n) is 1.03. The van der Waals surface area contributed by atoms with Crippen LogP contribution in [0, 0.1) is 0 Å². The van der Waals surface area contributed by atoms with E-state index in [-0.39, 0.29) is 10.9 Å². The highest BCUT2D eigenvalue weighted by molar-refractivity contribution is 7.80. The van der Waals surface area contributed by atoms with Crippen molar-refractivity contribution < 1.29 is 23.0 Å². The number of alkyl halides is 2.